The molecule has 0 amide bonds. The zero-order valence-electron chi connectivity index (χ0n) is 39.0. The van der Waals surface area contributed by atoms with Crippen molar-refractivity contribution in [3.8, 4) is 0 Å². The average Bonchev–Trinajstić information content (AvgIpc) is 3.19. The normalized spacial score (nSPS) is 12.5. The van der Waals surface area contributed by atoms with E-state index in [-0.39, 0.29) is 31.1 Å². The van der Waals surface area contributed by atoms with Crippen LogP contribution in [0.15, 0.2) is 0 Å². The van der Waals surface area contributed by atoms with E-state index in [4.69, 9.17) is 14.2 Å². The fourth-order valence-electron chi connectivity index (χ4n) is 7.60. The highest BCUT2D eigenvalue weighted by atomic mass is 16.6. The topological polar surface area (TPSA) is 78.9 Å². The van der Waals surface area contributed by atoms with Crippen LogP contribution in [0.2, 0.25) is 0 Å². The SMILES string of the molecule is CCCCCCCCCCCCCCCCC(=O)OC[C@@H](COC(=O)CCCCCCCCC(C)CC)OC(=O)CCCCCCCCCCCCCCC(C)C. The smallest absolute Gasteiger partial charge is 0.306 e. The van der Waals surface area contributed by atoms with Gasteiger partial charge in [0.25, 0.3) is 0 Å². The van der Waals surface area contributed by atoms with Crippen LogP contribution in [-0.2, 0) is 28.6 Å². The Morgan fingerprint density at radius 1 is 0.368 bits per heavy atom. The predicted molar refractivity (Wildman–Crippen MR) is 243 cm³/mol. The molecule has 0 heterocycles. The molecule has 0 aromatic carbocycles. The van der Waals surface area contributed by atoms with Crippen LogP contribution in [0.5, 0.6) is 0 Å². The number of rotatable bonds is 45. The highest BCUT2D eigenvalue weighted by Gasteiger charge is 2.19. The summed E-state index contributed by atoms with van der Waals surface area (Å²) in [5.41, 5.74) is 0. The van der Waals surface area contributed by atoms with Gasteiger partial charge in [0.1, 0.15) is 13.2 Å². The maximum Gasteiger partial charge on any atom is 0.306 e. The van der Waals surface area contributed by atoms with E-state index in [2.05, 4.69) is 34.6 Å². The van der Waals surface area contributed by atoms with Crippen LogP contribution in [0.25, 0.3) is 0 Å². The Bertz CT molecular complexity index is 872. The van der Waals surface area contributed by atoms with Crippen LogP contribution in [0.1, 0.15) is 279 Å². The molecule has 0 aromatic rings. The minimum absolute atomic E-state index is 0.0644. The van der Waals surface area contributed by atoms with Crippen LogP contribution in [0, 0.1) is 11.8 Å². The van der Waals surface area contributed by atoms with Crippen LogP contribution in [0.3, 0.4) is 0 Å². The van der Waals surface area contributed by atoms with Gasteiger partial charge < -0.3 is 14.2 Å². The summed E-state index contributed by atoms with van der Waals surface area (Å²) in [6.07, 6.45) is 43.7. The molecule has 0 aliphatic rings. The van der Waals surface area contributed by atoms with Crippen LogP contribution < -0.4 is 0 Å². The van der Waals surface area contributed by atoms with Crippen molar-refractivity contribution in [1.29, 1.82) is 0 Å². The predicted octanol–water partition coefficient (Wildman–Crippen LogP) is 16.1. The van der Waals surface area contributed by atoms with Crippen molar-refractivity contribution in [2.45, 2.75) is 285 Å². The number of esters is 3. The second kappa shape index (κ2) is 44.0. The summed E-state index contributed by atoms with van der Waals surface area (Å²) in [5.74, 6) is 0.794. The molecule has 0 bridgehead atoms. The molecule has 6 nitrogen and oxygen atoms in total. The Morgan fingerprint density at radius 3 is 1.00 bits per heavy atom. The van der Waals surface area contributed by atoms with Gasteiger partial charge in [-0.25, -0.2) is 0 Å². The molecule has 57 heavy (non-hydrogen) atoms. The van der Waals surface area contributed by atoms with Crippen molar-refractivity contribution in [3.63, 3.8) is 0 Å². The van der Waals surface area contributed by atoms with Crippen molar-refractivity contribution < 1.29 is 28.6 Å². The maximum atomic E-state index is 12.8. The van der Waals surface area contributed by atoms with Gasteiger partial charge in [0.2, 0.25) is 0 Å². The van der Waals surface area contributed by atoms with Crippen LogP contribution in [-0.4, -0.2) is 37.2 Å². The van der Waals surface area contributed by atoms with Gasteiger partial charge in [-0.1, -0.05) is 240 Å². The molecular formula is C51H98O6. The van der Waals surface area contributed by atoms with Crippen molar-refractivity contribution in [3.05, 3.63) is 0 Å². The van der Waals surface area contributed by atoms with Gasteiger partial charge in [-0.05, 0) is 31.1 Å². The van der Waals surface area contributed by atoms with Crippen LogP contribution >= 0.6 is 0 Å². The molecule has 0 aliphatic carbocycles. The van der Waals surface area contributed by atoms with E-state index < -0.39 is 6.10 Å². The Balaban J connectivity index is 4.31. The minimum atomic E-state index is -0.762. The molecule has 0 spiro atoms. The molecule has 6 heteroatoms. The summed E-state index contributed by atoms with van der Waals surface area (Å²) in [7, 11) is 0. The quantitative estimate of drug-likeness (QED) is 0.0346. The van der Waals surface area contributed by atoms with E-state index in [9.17, 15) is 14.4 Å². The van der Waals surface area contributed by atoms with E-state index in [1.54, 1.807) is 0 Å². The lowest BCUT2D eigenvalue weighted by molar-refractivity contribution is -0.167. The molecule has 1 unspecified atom stereocenters. The van der Waals surface area contributed by atoms with Gasteiger partial charge in [-0.2, -0.15) is 0 Å². The first-order chi connectivity index (χ1) is 27.8. The fourth-order valence-corrected chi connectivity index (χ4v) is 7.60. The van der Waals surface area contributed by atoms with Gasteiger partial charge >= 0.3 is 17.9 Å². The second-order valence-electron chi connectivity index (χ2n) is 18.2. The average molecular weight is 807 g/mol. The van der Waals surface area contributed by atoms with E-state index in [1.165, 1.54) is 167 Å². The Hall–Kier alpha value is -1.59. The first kappa shape index (κ1) is 55.4. The molecule has 0 saturated carbocycles. The Morgan fingerprint density at radius 2 is 0.667 bits per heavy atom. The lowest BCUT2D eigenvalue weighted by Gasteiger charge is -2.18. The monoisotopic (exact) mass is 807 g/mol. The zero-order valence-corrected chi connectivity index (χ0v) is 39.0. The zero-order chi connectivity index (χ0) is 41.9. The molecule has 0 fully saturated rings. The molecule has 0 rings (SSSR count). The lowest BCUT2D eigenvalue weighted by atomic mass is 10.00. The molecule has 0 radical (unpaired) electrons. The van der Waals surface area contributed by atoms with E-state index in [1.807, 2.05) is 0 Å². The summed E-state index contributed by atoms with van der Waals surface area (Å²) in [5, 5.41) is 0. The standard InChI is InChI=1S/C51H98O6/c1-6-8-9-10-11-12-13-14-15-19-22-25-31-36-41-49(52)55-44-48(45-56-50(53)42-37-32-28-27-30-35-40-47(5)7-2)57-51(54)43-38-33-26-23-20-17-16-18-21-24-29-34-39-46(3)4/h46-48H,6-45H2,1-5H3/t47?,48-/m0/s1. The number of carbonyl (C=O) groups excluding carboxylic acids is 3. The largest absolute Gasteiger partial charge is 0.462 e. The van der Waals surface area contributed by atoms with Gasteiger partial charge in [0, 0.05) is 19.3 Å². The van der Waals surface area contributed by atoms with Gasteiger partial charge in [0.05, 0.1) is 0 Å². The van der Waals surface area contributed by atoms with Crippen molar-refractivity contribution in [2.75, 3.05) is 13.2 Å². The maximum absolute atomic E-state index is 12.8. The third-order valence-electron chi connectivity index (χ3n) is 11.8. The van der Waals surface area contributed by atoms with E-state index in [0.717, 1.165) is 69.6 Å². The number of hydrogen-bond donors (Lipinski definition) is 0. The molecule has 338 valence electrons. The molecule has 2 atom stereocenters. The number of ether oxygens (including phenoxy) is 3. The van der Waals surface area contributed by atoms with Crippen molar-refractivity contribution >= 4 is 17.9 Å². The fraction of sp³-hybridized carbons (Fsp3) is 0.941. The molecule has 0 saturated heterocycles. The third-order valence-corrected chi connectivity index (χ3v) is 11.8. The van der Waals surface area contributed by atoms with Crippen molar-refractivity contribution in [1.82, 2.24) is 0 Å². The molecule has 0 aromatic heterocycles. The second-order valence-corrected chi connectivity index (χ2v) is 18.2. The van der Waals surface area contributed by atoms with Crippen LogP contribution in [0.4, 0.5) is 0 Å². The Labute approximate surface area is 355 Å². The summed E-state index contributed by atoms with van der Waals surface area (Å²) >= 11 is 0. The Kier molecular flexibility index (Phi) is 42.7. The summed E-state index contributed by atoms with van der Waals surface area (Å²) < 4.78 is 16.8. The van der Waals surface area contributed by atoms with Gasteiger partial charge in [-0.3, -0.25) is 14.4 Å². The van der Waals surface area contributed by atoms with Gasteiger partial charge in [-0.15, -0.1) is 0 Å². The number of hydrogen-bond acceptors (Lipinski definition) is 6. The van der Waals surface area contributed by atoms with Crippen molar-refractivity contribution in [2.24, 2.45) is 11.8 Å². The van der Waals surface area contributed by atoms with E-state index in [0.29, 0.717) is 19.3 Å². The third kappa shape index (κ3) is 43.8. The highest BCUT2D eigenvalue weighted by molar-refractivity contribution is 5.71. The number of unbranched alkanes of at least 4 members (excludes halogenated alkanes) is 29. The summed E-state index contributed by atoms with van der Waals surface area (Å²) in [6.45, 7) is 11.3. The summed E-state index contributed by atoms with van der Waals surface area (Å²) in [4.78, 5) is 37.9. The first-order valence-electron chi connectivity index (χ1n) is 25.3. The first-order valence-corrected chi connectivity index (χ1v) is 25.3. The minimum Gasteiger partial charge on any atom is -0.462 e. The number of carbonyl (C=O) groups is 3. The summed E-state index contributed by atoms with van der Waals surface area (Å²) in [6, 6.07) is 0. The lowest BCUT2D eigenvalue weighted by Crippen LogP contribution is -2.30. The van der Waals surface area contributed by atoms with Gasteiger partial charge in [0.15, 0.2) is 6.10 Å². The van der Waals surface area contributed by atoms with E-state index >= 15 is 0 Å². The molecule has 0 N–H and O–H groups in total. The molecular weight excluding hydrogens is 709 g/mol. The highest BCUT2D eigenvalue weighted by Crippen LogP contribution is 2.17. The molecule has 0 aliphatic heterocycles.